The molecule has 0 unspecified atom stereocenters. The van der Waals surface area contributed by atoms with Crippen molar-refractivity contribution in [2.75, 3.05) is 0 Å². The van der Waals surface area contributed by atoms with Crippen LogP contribution in [0.3, 0.4) is 0 Å². The van der Waals surface area contributed by atoms with Crippen molar-refractivity contribution >= 4 is 5.97 Å². The molecule has 0 amide bonds. The van der Waals surface area contributed by atoms with Gasteiger partial charge in [0, 0.05) is 0 Å². The van der Waals surface area contributed by atoms with Crippen molar-refractivity contribution in [3.05, 3.63) is 19.4 Å². The van der Waals surface area contributed by atoms with Gasteiger partial charge in [0.25, 0.3) is 5.95 Å². The second-order valence-corrected chi connectivity index (χ2v) is 0.841. The van der Waals surface area contributed by atoms with Gasteiger partial charge in [-0.15, -0.1) is 0 Å². The number of aliphatic hydroxyl groups excluding tert-OH is 1. The van der Waals surface area contributed by atoms with Gasteiger partial charge in [-0.2, -0.15) is 0 Å². The van der Waals surface area contributed by atoms with Crippen molar-refractivity contribution in [3.63, 3.8) is 0 Å². The summed E-state index contributed by atoms with van der Waals surface area (Å²) in [6, 6.07) is 0. The Kier molecular flexibility index (Phi) is 12.8. The second kappa shape index (κ2) is 7.33. The molecule has 0 saturated heterocycles. The van der Waals surface area contributed by atoms with Crippen LogP contribution in [-0.2, 0) is 21.9 Å². The van der Waals surface area contributed by atoms with E-state index in [0.29, 0.717) is 0 Å². The summed E-state index contributed by atoms with van der Waals surface area (Å²) in [5.74, 6) is -2.56. The van der Waals surface area contributed by atoms with Gasteiger partial charge >= 0.3 is 23.0 Å². The Labute approximate surface area is 63.3 Å². The van der Waals surface area contributed by atoms with Crippen LogP contribution in [0, 0.1) is 7.43 Å². The Hall–Kier alpha value is -0.671. The first-order chi connectivity index (χ1) is 3.13. The molecular formula is C4H7CuO4. The maximum atomic E-state index is 9.41. The van der Waals surface area contributed by atoms with Gasteiger partial charge in [0.2, 0.25) is 0 Å². The Morgan fingerprint density at radius 1 is 1.22 bits per heavy atom. The van der Waals surface area contributed by atoms with E-state index in [1.165, 1.54) is 0 Å². The van der Waals surface area contributed by atoms with E-state index in [1.807, 2.05) is 0 Å². The molecule has 0 fully saturated rings. The van der Waals surface area contributed by atoms with Gasteiger partial charge in [-0.1, -0.05) is 0 Å². The number of hydrogen-bond acceptors (Lipinski definition) is 3. The Morgan fingerprint density at radius 2 is 1.56 bits per heavy atom. The smallest absolute Gasteiger partial charge is 0.481 e. The summed E-state index contributed by atoms with van der Waals surface area (Å²) in [6.07, 6.45) is 0.278. The normalized spacial score (nSPS) is 5.78. The summed E-state index contributed by atoms with van der Waals surface area (Å²) in [5, 5.41) is 23.2. The number of hydrogen-bond donors (Lipinski definition) is 3. The quantitative estimate of drug-likeness (QED) is 0.239. The van der Waals surface area contributed by atoms with E-state index in [1.54, 1.807) is 0 Å². The molecule has 0 spiro atoms. The molecule has 0 heterocycles. The fraction of sp³-hybridized carbons (Fsp3) is 0. The summed E-state index contributed by atoms with van der Waals surface area (Å²) in [6.45, 7) is 0. The molecule has 9 heavy (non-hydrogen) atoms. The van der Waals surface area contributed by atoms with Crippen molar-refractivity contribution in [1.29, 1.82) is 0 Å². The predicted molar refractivity (Wildman–Crippen MR) is 27.4 cm³/mol. The maximum absolute atomic E-state index is 9.41. The summed E-state index contributed by atoms with van der Waals surface area (Å²) in [4.78, 5) is 9.41. The van der Waals surface area contributed by atoms with Crippen LogP contribution in [0.1, 0.15) is 0 Å². The summed E-state index contributed by atoms with van der Waals surface area (Å²) in [5.41, 5.74) is 0. The molecule has 0 saturated carbocycles. The molecule has 0 radical (unpaired) electrons. The minimum atomic E-state index is -1.38. The molecule has 0 aliphatic heterocycles. The van der Waals surface area contributed by atoms with Crippen LogP contribution >= 0.6 is 0 Å². The first kappa shape index (κ1) is 15.8. The Bertz CT molecular complexity index is 105. The van der Waals surface area contributed by atoms with Gasteiger partial charge in [-0.05, 0) is 0 Å². The summed E-state index contributed by atoms with van der Waals surface area (Å²) in [7, 11) is 0. The van der Waals surface area contributed by atoms with E-state index in [9.17, 15) is 4.79 Å². The summed E-state index contributed by atoms with van der Waals surface area (Å²) < 4.78 is 0. The van der Waals surface area contributed by atoms with Crippen molar-refractivity contribution in [2.45, 2.75) is 0 Å². The van der Waals surface area contributed by atoms with Gasteiger partial charge in [-0.25, -0.2) is 4.79 Å². The molecule has 5 heteroatoms. The van der Waals surface area contributed by atoms with Gasteiger partial charge in [0.05, 0.1) is 0 Å². The van der Waals surface area contributed by atoms with Gasteiger partial charge in [-0.3, -0.25) is 0 Å². The van der Waals surface area contributed by atoms with E-state index in [4.69, 9.17) is 15.3 Å². The van der Waals surface area contributed by atoms with Crippen LogP contribution in [-0.4, -0.2) is 21.3 Å². The van der Waals surface area contributed by atoms with Gasteiger partial charge < -0.3 is 22.7 Å². The molecule has 0 aromatic rings. The number of carbonyl (C=O) groups is 1. The molecule has 0 aliphatic carbocycles. The summed E-state index contributed by atoms with van der Waals surface area (Å²) >= 11 is 0. The molecule has 0 bridgehead atoms. The van der Waals surface area contributed by atoms with Crippen molar-refractivity contribution in [3.8, 4) is 0 Å². The largest absolute Gasteiger partial charge is 1.00 e. The average molecular weight is 183 g/mol. The predicted octanol–water partition coefficient (Wildman–Crippen LogP) is 0.476. The van der Waals surface area contributed by atoms with Crippen LogP contribution in [0.2, 0.25) is 0 Å². The van der Waals surface area contributed by atoms with E-state index in [-0.39, 0.29) is 30.6 Å². The number of aliphatic carboxylic acids is 1. The first-order valence-corrected chi connectivity index (χ1v) is 1.45. The third kappa shape index (κ3) is 18.8. The minimum absolute atomic E-state index is 0. The van der Waals surface area contributed by atoms with E-state index >= 15 is 0 Å². The van der Waals surface area contributed by atoms with Crippen molar-refractivity contribution < 1.29 is 37.2 Å². The minimum Gasteiger partial charge on any atom is -0.481 e. The second-order valence-electron chi connectivity index (χ2n) is 0.841. The monoisotopic (exact) mass is 182 g/mol. The molecule has 4 nitrogen and oxygen atoms in total. The topological polar surface area (TPSA) is 77.8 Å². The van der Waals surface area contributed by atoms with Gasteiger partial charge in [0.1, 0.15) is 6.08 Å². The van der Waals surface area contributed by atoms with Gasteiger partial charge in [0.15, 0.2) is 0 Å². The average Bonchev–Trinajstić information content (AvgIpc) is 1.27. The number of aliphatic hydroxyl groups is 2. The van der Waals surface area contributed by atoms with Crippen LogP contribution in [0.5, 0.6) is 0 Å². The number of rotatable bonds is 1. The van der Waals surface area contributed by atoms with Crippen LogP contribution in [0.4, 0.5) is 0 Å². The fourth-order valence-corrected chi connectivity index (χ4v) is 0.110. The molecule has 0 rings (SSSR count). The third-order valence-corrected chi connectivity index (χ3v) is 0.253. The maximum Gasteiger partial charge on any atom is 1.00 e. The van der Waals surface area contributed by atoms with Crippen molar-refractivity contribution in [1.82, 2.24) is 0 Å². The molecule has 0 aliphatic rings. The van der Waals surface area contributed by atoms with Crippen LogP contribution in [0.25, 0.3) is 0 Å². The zero-order valence-corrected chi connectivity index (χ0v) is 5.57. The molecule has 0 aromatic carbocycles. The van der Waals surface area contributed by atoms with E-state index in [2.05, 4.69) is 0 Å². The molecule has 0 atom stereocenters. The molecular weight excluding hydrogens is 176 g/mol. The van der Waals surface area contributed by atoms with Crippen LogP contribution < -0.4 is 0 Å². The number of carboxylic acid groups (broad SMARTS) is 1. The van der Waals surface area contributed by atoms with Crippen molar-refractivity contribution in [2.24, 2.45) is 0 Å². The zero-order valence-electron chi connectivity index (χ0n) is 4.63. The van der Waals surface area contributed by atoms with Crippen LogP contribution in [0.15, 0.2) is 12.0 Å². The van der Waals surface area contributed by atoms with E-state index < -0.39 is 11.9 Å². The number of carboxylic acids is 1. The Morgan fingerprint density at radius 3 is 1.56 bits per heavy atom. The zero-order chi connectivity index (χ0) is 5.86. The standard InChI is InChI=1S/C3H4O4.CH3.Cu/c4-2(5)1-3(6)7;;/h1,4-5H,(H,6,7);1H3;/q;-1;+1. The SMILES string of the molecule is O=C(O)C=C(O)O.[CH3-].[Cu+]. The van der Waals surface area contributed by atoms with E-state index in [0.717, 1.165) is 0 Å². The Balaban J connectivity index is -0.000000180. The fourth-order valence-electron chi connectivity index (χ4n) is 0.110. The molecule has 0 aromatic heterocycles. The third-order valence-electron chi connectivity index (χ3n) is 0.253. The molecule has 3 N–H and O–H groups in total. The molecule has 58 valence electrons. The first-order valence-electron chi connectivity index (χ1n) is 1.45.